The number of fused-ring (bicyclic) bond motifs is 2. The molecule has 5 rings (SSSR count). The van der Waals surface area contributed by atoms with Crippen molar-refractivity contribution in [2.75, 3.05) is 41.9 Å². The van der Waals surface area contributed by atoms with Gasteiger partial charge < -0.3 is 4.74 Å². The van der Waals surface area contributed by atoms with Crippen molar-refractivity contribution in [2.45, 2.75) is 31.6 Å². The molecule has 2 aromatic rings. The first-order valence-electron chi connectivity index (χ1n) is 11.9. The van der Waals surface area contributed by atoms with Crippen LogP contribution in [-0.2, 0) is 24.0 Å². The van der Waals surface area contributed by atoms with Crippen LogP contribution in [0.3, 0.4) is 0 Å². The molecule has 0 saturated carbocycles. The number of piperidine rings is 1. The van der Waals surface area contributed by atoms with E-state index in [-0.39, 0.29) is 29.5 Å². The number of nitrogens with zero attached hydrogens (tertiary/aromatic N) is 3. The smallest absolute Gasteiger partial charge is 0.309 e. The molecule has 2 amide bonds. The van der Waals surface area contributed by atoms with Gasteiger partial charge in [0.25, 0.3) is 5.91 Å². The Labute approximate surface area is 217 Å². The summed E-state index contributed by atoms with van der Waals surface area (Å²) in [6.45, 7) is 6.06. The van der Waals surface area contributed by atoms with Crippen molar-refractivity contribution >= 4 is 56.9 Å². The van der Waals surface area contributed by atoms with E-state index in [1.54, 1.807) is 4.90 Å². The lowest BCUT2D eigenvalue weighted by Crippen LogP contribution is -2.52. The third-order valence-corrected chi connectivity index (χ3v) is 9.27. The van der Waals surface area contributed by atoms with Gasteiger partial charge in [0.1, 0.15) is 0 Å². The number of benzene rings is 2. The zero-order valence-corrected chi connectivity index (χ0v) is 22.2. The van der Waals surface area contributed by atoms with Crippen LogP contribution in [0, 0.1) is 12.8 Å². The lowest BCUT2D eigenvalue weighted by atomic mass is 9.97. The van der Waals surface area contributed by atoms with Gasteiger partial charge in [-0.2, -0.15) is 0 Å². The monoisotopic (exact) mass is 557 g/mol. The predicted molar refractivity (Wildman–Crippen MR) is 140 cm³/mol. The third-order valence-electron chi connectivity index (χ3n) is 7.03. The second kappa shape index (κ2) is 9.59. The number of hydrogen-bond donors (Lipinski definition) is 0. The molecule has 2 aromatic carbocycles. The van der Waals surface area contributed by atoms with Crippen molar-refractivity contribution in [2.24, 2.45) is 5.92 Å². The largest absolute Gasteiger partial charge is 0.466 e. The highest BCUT2D eigenvalue weighted by Gasteiger charge is 2.61. The van der Waals surface area contributed by atoms with E-state index in [1.165, 1.54) is 11.8 Å². The van der Waals surface area contributed by atoms with Crippen LogP contribution in [0.4, 0.5) is 11.4 Å². The molecule has 0 aromatic heterocycles. The van der Waals surface area contributed by atoms with Gasteiger partial charge in [0.05, 0.1) is 30.6 Å². The van der Waals surface area contributed by atoms with E-state index in [1.807, 2.05) is 61.2 Å². The average molecular weight is 558 g/mol. The van der Waals surface area contributed by atoms with Crippen LogP contribution in [0.5, 0.6) is 0 Å². The fourth-order valence-corrected chi connectivity index (χ4v) is 6.91. The number of carbonyl (C=O) groups excluding carboxylic acids is 3. The van der Waals surface area contributed by atoms with Crippen LogP contribution in [-0.4, -0.2) is 54.8 Å². The molecule has 2 fully saturated rings. The SMILES string of the molecule is CCOC(=O)C1CCN(CN2C(=O)[C@@]3(SCC(=O)N3c3ccc(C)c(Br)c3)c3ccccc32)CC1. The molecule has 35 heavy (non-hydrogen) atoms. The minimum absolute atomic E-state index is 0.0778. The first kappa shape index (κ1) is 24.3. The normalized spacial score (nSPS) is 22.8. The van der Waals surface area contributed by atoms with E-state index in [0.29, 0.717) is 44.9 Å². The van der Waals surface area contributed by atoms with Crippen molar-refractivity contribution in [3.8, 4) is 0 Å². The number of carbonyl (C=O) groups is 3. The molecule has 1 atom stereocenters. The van der Waals surface area contributed by atoms with Gasteiger partial charge in [-0.05, 0) is 50.5 Å². The van der Waals surface area contributed by atoms with E-state index in [4.69, 9.17) is 4.74 Å². The quantitative estimate of drug-likeness (QED) is 0.511. The van der Waals surface area contributed by atoms with Crippen molar-refractivity contribution in [3.63, 3.8) is 0 Å². The lowest BCUT2D eigenvalue weighted by molar-refractivity contribution is -0.149. The first-order chi connectivity index (χ1) is 16.9. The summed E-state index contributed by atoms with van der Waals surface area (Å²) in [5.41, 5.74) is 3.45. The van der Waals surface area contributed by atoms with Crippen LogP contribution < -0.4 is 9.80 Å². The molecule has 0 aliphatic carbocycles. The van der Waals surface area contributed by atoms with Gasteiger partial charge in [-0.25, -0.2) is 0 Å². The summed E-state index contributed by atoms with van der Waals surface area (Å²) in [5, 5.41) is 0. The number of rotatable bonds is 5. The van der Waals surface area contributed by atoms with E-state index >= 15 is 0 Å². The Hall–Kier alpha value is -2.36. The number of anilines is 2. The van der Waals surface area contributed by atoms with Crippen molar-refractivity contribution in [3.05, 3.63) is 58.1 Å². The van der Waals surface area contributed by atoms with Gasteiger partial charge in [-0.1, -0.05) is 40.2 Å². The van der Waals surface area contributed by atoms with Crippen LogP contribution >= 0.6 is 27.7 Å². The van der Waals surface area contributed by atoms with E-state index < -0.39 is 4.87 Å². The molecule has 0 N–H and O–H groups in total. The number of thioether (sulfide) groups is 1. The molecule has 9 heteroatoms. The zero-order chi connectivity index (χ0) is 24.7. The number of aryl methyl sites for hydroxylation is 1. The molecule has 0 bridgehead atoms. The van der Waals surface area contributed by atoms with Gasteiger partial charge >= 0.3 is 5.97 Å². The van der Waals surface area contributed by atoms with Gasteiger partial charge in [0.2, 0.25) is 10.8 Å². The van der Waals surface area contributed by atoms with E-state index in [0.717, 1.165) is 21.3 Å². The Kier molecular flexibility index (Phi) is 6.67. The van der Waals surface area contributed by atoms with Crippen LogP contribution in [0.25, 0.3) is 0 Å². The average Bonchev–Trinajstić information content (AvgIpc) is 3.32. The van der Waals surface area contributed by atoms with Crippen LogP contribution in [0.15, 0.2) is 46.9 Å². The summed E-state index contributed by atoms with van der Waals surface area (Å²) >= 11 is 4.97. The minimum atomic E-state index is -1.12. The molecule has 184 valence electrons. The topological polar surface area (TPSA) is 70.2 Å². The number of likely N-dealkylation sites (tertiary alicyclic amines) is 1. The molecule has 0 unspecified atom stereocenters. The second-order valence-corrected chi connectivity index (χ2v) is 11.2. The highest BCUT2D eigenvalue weighted by molar-refractivity contribution is 9.10. The Bertz CT molecular complexity index is 1180. The Morgan fingerprint density at radius 3 is 2.63 bits per heavy atom. The summed E-state index contributed by atoms with van der Waals surface area (Å²) in [6, 6.07) is 13.6. The highest BCUT2D eigenvalue weighted by Crippen LogP contribution is 2.55. The Morgan fingerprint density at radius 1 is 1.17 bits per heavy atom. The summed E-state index contributed by atoms with van der Waals surface area (Å²) in [5.74, 6) is -0.151. The van der Waals surface area contributed by atoms with E-state index in [9.17, 15) is 14.4 Å². The molecule has 0 radical (unpaired) electrons. The zero-order valence-electron chi connectivity index (χ0n) is 19.8. The standard InChI is InChI=1S/C26H28BrN3O4S/c1-3-34-24(32)18-10-12-28(13-11-18)16-29-22-7-5-4-6-20(22)26(25(29)33)30(23(31)15-35-26)19-9-8-17(2)21(27)14-19/h4-9,14,18H,3,10-13,15-16H2,1-2H3/t26-/m0/s1. The van der Waals surface area contributed by atoms with Gasteiger partial charge in [-0.3, -0.25) is 29.1 Å². The lowest BCUT2D eigenvalue weighted by Gasteiger charge is -2.36. The third kappa shape index (κ3) is 4.07. The predicted octanol–water partition coefficient (Wildman–Crippen LogP) is 4.27. The maximum absolute atomic E-state index is 14.2. The van der Waals surface area contributed by atoms with E-state index in [2.05, 4.69) is 20.8 Å². The number of amides is 2. The molecule has 2 saturated heterocycles. The molecular formula is C26H28BrN3O4S. The number of para-hydroxylation sites is 1. The van der Waals surface area contributed by atoms with Gasteiger partial charge in [-0.15, -0.1) is 11.8 Å². The molecule has 3 heterocycles. The number of ether oxygens (including phenoxy) is 1. The fourth-order valence-electron chi connectivity index (χ4n) is 5.19. The first-order valence-corrected chi connectivity index (χ1v) is 13.7. The summed E-state index contributed by atoms with van der Waals surface area (Å²) in [6.07, 6.45) is 1.43. The van der Waals surface area contributed by atoms with Gasteiger partial charge in [0.15, 0.2) is 0 Å². The number of esters is 1. The number of hydrogen-bond acceptors (Lipinski definition) is 6. The fraction of sp³-hybridized carbons (Fsp3) is 0.423. The van der Waals surface area contributed by atoms with Crippen molar-refractivity contribution in [1.29, 1.82) is 0 Å². The summed E-state index contributed by atoms with van der Waals surface area (Å²) in [4.78, 5) is 44.1. The van der Waals surface area contributed by atoms with Crippen LogP contribution in [0.2, 0.25) is 0 Å². The molecule has 7 nitrogen and oxygen atoms in total. The summed E-state index contributed by atoms with van der Waals surface area (Å²) < 4.78 is 6.09. The molecular weight excluding hydrogens is 530 g/mol. The molecule has 3 aliphatic rings. The Morgan fingerprint density at radius 2 is 1.91 bits per heavy atom. The molecule has 1 spiro atoms. The summed E-state index contributed by atoms with van der Waals surface area (Å²) in [7, 11) is 0. The maximum Gasteiger partial charge on any atom is 0.309 e. The maximum atomic E-state index is 14.2. The highest BCUT2D eigenvalue weighted by atomic mass is 79.9. The van der Waals surface area contributed by atoms with Crippen molar-refractivity contribution < 1.29 is 19.1 Å². The van der Waals surface area contributed by atoms with Crippen LogP contribution in [0.1, 0.15) is 30.9 Å². The van der Waals surface area contributed by atoms with Gasteiger partial charge in [0, 0.05) is 28.8 Å². The minimum Gasteiger partial charge on any atom is -0.466 e. The second-order valence-electron chi connectivity index (χ2n) is 9.13. The Balaban J connectivity index is 1.44. The number of halogens is 1. The molecule has 3 aliphatic heterocycles. The van der Waals surface area contributed by atoms with Crippen molar-refractivity contribution in [1.82, 2.24) is 4.90 Å².